The zero-order valence-corrected chi connectivity index (χ0v) is 8.50. The third-order valence-electron chi connectivity index (χ3n) is 3.29. The molecule has 1 unspecified atom stereocenters. The molecule has 0 spiro atoms. The Kier molecular flexibility index (Phi) is 2.22. The molecule has 0 aromatic heterocycles. The maximum Gasteiger partial charge on any atom is 0.123 e. The standard InChI is InChI=1S/C12H14FNO/c13-9-3-4-10-8(6-9)7-15-12(10)11-2-1-5-14-11/h3-4,6,11-12,14H,1-2,5,7H2/t11?,12-/m0/s1. The van der Waals surface area contributed by atoms with Gasteiger partial charge in [0.2, 0.25) is 0 Å². The van der Waals surface area contributed by atoms with Crippen LogP contribution in [-0.2, 0) is 11.3 Å². The molecule has 1 aromatic rings. The Morgan fingerprint density at radius 3 is 3.13 bits per heavy atom. The third kappa shape index (κ3) is 1.56. The van der Waals surface area contributed by atoms with Crippen molar-refractivity contribution in [2.75, 3.05) is 6.54 Å². The second-order valence-electron chi connectivity index (χ2n) is 4.28. The normalized spacial score (nSPS) is 29.4. The second kappa shape index (κ2) is 3.58. The van der Waals surface area contributed by atoms with Gasteiger partial charge in [-0.1, -0.05) is 6.07 Å². The molecule has 0 saturated carbocycles. The Hall–Kier alpha value is -0.930. The molecule has 15 heavy (non-hydrogen) atoms. The average molecular weight is 207 g/mol. The number of ether oxygens (including phenoxy) is 1. The molecule has 0 amide bonds. The van der Waals surface area contributed by atoms with E-state index in [0.717, 1.165) is 24.1 Å². The van der Waals surface area contributed by atoms with E-state index in [4.69, 9.17) is 4.74 Å². The Balaban J connectivity index is 1.90. The van der Waals surface area contributed by atoms with Crippen molar-refractivity contribution in [3.63, 3.8) is 0 Å². The lowest BCUT2D eigenvalue weighted by molar-refractivity contribution is 0.0426. The number of fused-ring (bicyclic) bond motifs is 1. The molecule has 2 nitrogen and oxygen atoms in total. The van der Waals surface area contributed by atoms with Crippen molar-refractivity contribution in [1.82, 2.24) is 5.32 Å². The van der Waals surface area contributed by atoms with Crippen LogP contribution >= 0.6 is 0 Å². The summed E-state index contributed by atoms with van der Waals surface area (Å²) in [7, 11) is 0. The Morgan fingerprint density at radius 2 is 2.33 bits per heavy atom. The Bertz CT molecular complexity index is 374. The molecule has 0 aliphatic carbocycles. The molecule has 3 rings (SSSR count). The van der Waals surface area contributed by atoms with Crippen molar-refractivity contribution in [2.45, 2.75) is 31.6 Å². The fourth-order valence-corrected chi connectivity index (χ4v) is 2.55. The van der Waals surface area contributed by atoms with Gasteiger partial charge >= 0.3 is 0 Å². The van der Waals surface area contributed by atoms with Gasteiger partial charge < -0.3 is 10.1 Å². The van der Waals surface area contributed by atoms with Crippen LogP contribution in [0.15, 0.2) is 18.2 Å². The van der Waals surface area contributed by atoms with Crippen LogP contribution in [0.4, 0.5) is 4.39 Å². The first kappa shape index (κ1) is 9.31. The van der Waals surface area contributed by atoms with Crippen LogP contribution in [0.5, 0.6) is 0 Å². The quantitative estimate of drug-likeness (QED) is 0.761. The summed E-state index contributed by atoms with van der Waals surface area (Å²) in [6, 6.07) is 5.39. The number of rotatable bonds is 1. The van der Waals surface area contributed by atoms with Gasteiger partial charge in [-0.2, -0.15) is 0 Å². The molecular weight excluding hydrogens is 193 g/mol. The van der Waals surface area contributed by atoms with Crippen LogP contribution in [0.25, 0.3) is 0 Å². The first-order chi connectivity index (χ1) is 7.34. The predicted octanol–water partition coefficient (Wildman–Crippen LogP) is 2.15. The minimum absolute atomic E-state index is 0.128. The molecule has 2 aliphatic heterocycles. The van der Waals surface area contributed by atoms with Crippen molar-refractivity contribution < 1.29 is 9.13 Å². The molecular formula is C12H14FNO. The highest BCUT2D eigenvalue weighted by Gasteiger charge is 2.32. The molecule has 0 bridgehead atoms. The number of halogens is 1. The van der Waals surface area contributed by atoms with Crippen LogP contribution in [0.2, 0.25) is 0 Å². The van der Waals surface area contributed by atoms with E-state index < -0.39 is 0 Å². The Labute approximate surface area is 88.4 Å². The van der Waals surface area contributed by atoms with Gasteiger partial charge in [0.25, 0.3) is 0 Å². The maximum absolute atomic E-state index is 13.0. The van der Waals surface area contributed by atoms with Gasteiger partial charge in [-0.3, -0.25) is 0 Å². The molecule has 1 fully saturated rings. The SMILES string of the molecule is Fc1ccc2c(c1)CO[C@@H]2C1CCCN1. The van der Waals surface area contributed by atoms with Gasteiger partial charge in [-0.25, -0.2) is 4.39 Å². The molecule has 2 heterocycles. The number of hydrogen-bond acceptors (Lipinski definition) is 2. The smallest absolute Gasteiger partial charge is 0.123 e. The lowest BCUT2D eigenvalue weighted by Crippen LogP contribution is -2.28. The van der Waals surface area contributed by atoms with Crippen LogP contribution in [0.3, 0.4) is 0 Å². The van der Waals surface area contributed by atoms with E-state index in [1.165, 1.54) is 12.5 Å². The number of benzene rings is 1. The van der Waals surface area contributed by atoms with Crippen LogP contribution < -0.4 is 5.32 Å². The minimum Gasteiger partial charge on any atom is -0.367 e. The highest BCUT2D eigenvalue weighted by Crippen LogP contribution is 2.35. The number of hydrogen-bond donors (Lipinski definition) is 1. The maximum atomic E-state index is 13.0. The van der Waals surface area contributed by atoms with E-state index >= 15 is 0 Å². The second-order valence-corrected chi connectivity index (χ2v) is 4.28. The van der Waals surface area contributed by atoms with E-state index in [-0.39, 0.29) is 11.9 Å². The van der Waals surface area contributed by atoms with E-state index in [1.807, 2.05) is 6.07 Å². The van der Waals surface area contributed by atoms with Gasteiger partial charge in [0.1, 0.15) is 5.82 Å². The number of nitrogens with one attached hydrogen (secondary N) is 1. The topological polar surface area (TPSA) is 21.3 Å². The van der Waals surface area contributed by atoms with Crippen molar-refractivity contribution >= 4 is 0 Å². The first-order valence-corrected chi connectivity index (χ1v) is 5.48. The summed E-state index contributed by atoms with van der Waals surface area (Å²) in [5.41, 5.74) is 2.17. The van der Waals surface area contributed by atoms with E-state index in [9.17, 15) is 4.39 Å². The molecule has 1 N–H and O–H groups in total. The molecule has 2 atom stereocenters. The van der Waals surface area contributed by atoms with Crippen molar-refractivity contribution in [1.29, 1.82) is 0 Å². The van der Waals surface area contributed by atoms with Crippen molar-refractivity contribution in [3.05, 3.63) is 35.1 Å². The average Bonchev–Trinajstić information content (AvgIpc) is 2.82. The summed E-state index contributed by atoms with van der Waals surface area (Å²) < 4.78 is 18.7. The van der Waals surface area contributed by atoms with Crippen LogP contribution in [0.1, 0.15) is 30.1 Å². The summed E-state index contributed by atoms with van der Waals surface area (Å²) in [4.78, 5) is 0. The predicted molar refractivity (Wildman–Crippen MR) is 55.0 cm³/mol. The van der Waals surface area contributed by atoms with Gasteiger partial charge in [0, 0.05) is 6.04 Å². The molecule has 80 valence electrons. The molecule has 0 radical (unpaired) electrons. The minimum atomic E-state index is -0.169. The zero-order valence-electron chi connectivity index (χ0n) is 8.50. The molecule has 2 aliphatic rings. The Morgan fingerprint density at radius 1 is 1.40 bits per heavy atom. The first-order valence-electron chi connectivity index (χ1n) is 5.48. The van der Waals surface area contributed by atoms with E-state index in [2.05, 4.69) is 5.32 Å². The molecule has 1 aromatic carbocycles. The fraction of sp³-hybridized carbons (Fsp3) is 0.500. The van der Waals surface area contributed by atoms with Gasteiger partial charge in [0.15, 0.2) is 0 Å². The fourth-order valence-electron chi connectivity index (χ4n) is 2.55. The lowest BCUT2D eigenvalue weighted by Gasteiger charge is -2.18. The van der Waals surface area contributed by atoms with Crippen LogP contribution in [-0.4, -0.2) is 12.6 Å². The van der Waals surface area contributed by atoms with Gasteiger partial charge in [0.05, 0.1) is 12.7 Å². The summed E-state index contributed by atoms with van der Waals surface area (Å²) in [5.74, 6) is -0.169. The van der Waals surface area contributed by atoms with Crippen LogP contribution in [0, 0.1) is 5.82 Å². The summed E-state index contributed by atoms with van der Waals surface area (Å²) in [6.07, 6.45) is 2.49. The van der Waals surface area contributed by atoms with Crippen molar-refractivity contribution in [2.24, 2.45) is 0 Å². The molecule has 1 saturated heterocycles. The van der Waals surface area contributed by atoms with Gasteiger partial charge in [-0.05, 0) is 42.6 Å². The lowest BCUT2D eigenvalue weighted by atomic mass is 9.99. The van der Waals surface area contributed by atoms with Gasteiger partial charge in [-0.15, -0.1) is 0 Å². The third-order valence-corrected chi connectivity index (χ3v) is 3.29. The summed E-state index contributed by atoms with van der Waals surface area (Å²) in [6.45, 7) is 1.62. The van der Waals surface area contributed by atoms with E-state index in [1.54, 1.807) is 6.07 Å². The monoisotopic (exact) mass is 207 g/mol. The van der Waals surface area contributed by atoms with E-state index in [0.29, 0.717) is 12.6 Å². The van der Waals surface area contributed by atoms with Crippen molar-refractivity contribution in [3.8, 4) is 0 Å². The summed E-state index contributed by atoms with van der Waals surface area (Å²) >= 11 is 0. The zero-order chi connectivity index (χ0) is 10.3. The highest BCUT2D eigenvalue weighted by atomic mass is 19.1. The highest BCUT2D eigenvalue weighted by molar-refractivity contribution is 5.33. The molecule has 3 heteroatoms. The largest absolute Gasteiger partial charge is 0.367 e. The summed E-state index contributed by atoms with van der Waals surface area (Å²) in [5, 5.41) is 3.44.